The van der Waals surface area contributed by atoms with Gasteiger partial charge in [0.25, 0.3) is 0 Å². The number of urea groups is 2. The van der Waals surface area contributed by atoms with Gasteiger partial charge in [-0.25, -0.2) is 48.4 Å². The van der Waals surface area contributed by atoms with Crippen LogP contribution in [0, 0.1) is 0 Å². The van der Waals surface area contributed by atoms with Crippen molar-refractivity contribution in [2.45, 2.75) is 76.3 Å². The summed E-state index contributed by atoms with van der Waals surface area (Å²) in [5.41, 5.74) is 3.15. The molecule has 0 saturated carbocycles. The van der Waals surface area contributed by atoms with Crippen molar-refractivity contribution < 1.29 is 98.0 Å². The van der Waals surface area contributed by atoms with Gasteiger partial charge in [-0.15, -0.1) is 23.2 Å². The number of carbonyl (C=O) groups is 2. The lowest BCUT2D eigenvalue weighted by Crippen LogP contribution is -2.35. The van der Waals surface area contributed by atoms with Crippen LogP contribution in [0.15, 0.2) is 243 Å². The van der Waals surface area contributed by atoms with Crippen LogP contribution in [-0.2, 0) is 77.7 Å². The zero-order valence-electron chi connectivity index (χ0n) is 68.6. The van der Waals surface area contributed by atoms with Gasteiger partial charge < -0.3 is 38.2 Å². The minimum atomic E-state index is -4.58. The molecule has 2 heterocycles. The highest BCUT2D eigenvalue weighted by Gasteiger charge is 2.43. The number of halogens is 11. The normalized spacial score (nSPS) is 14.4. The SMILES string of the molecule is COc1ccc(CN(Cc2ccc(OC)cc2)S(=O)(=O)CCCCl)cc1.COc1ccc(CN(Cc2ccc(OC)cc2)S(=O)(=O)CCCN2C[C@H](c3cccc(C(F)(F)F)c3)N(c3ccc(Oc4ccc(Cl)cc4)cc3)C2=O)cc1.NS(=O)(=O)CCCN1C[C@H](c2cccc(C(F)(F)F)c2)N(c2ccc(Oc3ccc(Cl)cc3)cc2)C1=O.O=S(=O)(Cl)CCCCl. The fourth-order valence-electron chi connectivity index (χ4n) is 13.1. The number of primary sulfonamides is 1. The van der Waals surface area contributed by atoms with Crippen LogP contribution in [0.1, 0.15) is 82.3 Å². The number of benzene rings is 10. The first-order valence-electron chi connectivity index (χ1n) is 38.9. The summed E-state index contributed by atoms with van der Waals surface area (Å²) in [5.74, 6) is 4.89. The topological polar surface area (TPSA) is 272 Å². The van der Waals surface area contributed by atoms with E-state index in [1.165, 1.54) is 46.4 Å². The number of ether oxygens (including phenoxy) is 6. The lowest BCUT2D eigenvalue weighted by Gasteiger charge is -2.25. The molecule has 0 aliphatic carbocycles. The Bertz CT molecular complexity index is 5570. The minimum absolute atomic E-state index is 0.0297. The second kappa shape index (κ2) is 46.3. The minimum Gasteiger partial charge on any atom is -0.497 e. The van der Waals surface area contributed by atoms with E-state index in [9.17, 15) is 69.6 Å². The second-order valence-corrected chi connectivity index (χ2v) is 39.0. The Hall–Kier alpha value is -9.75. The number of anilines is 2. The van der Waals surface area contributed by atoms with Gasteiger partial charge in [0.15, 0.2) is 0 Å². The standard InChI is InChI=1S/C41H39ClF3N3O6S.C25H23ClF3N3O4S.C19H24ClNO4S.C3H6Cl2O2S/c1-52-35-15-7-29(8-16-35)26-47(27-30-9-17-36(53-2)18-10-30)55(50,51)24-4-23-46-28-39(31-5-3-6-32(25-31)41(43,44)45)48(40(46)49)34-13-21-38(22-14-34)54-37-19-11-33(42)12-20-37;26-19-5-9-21(10-6-19)36-22-11-7-20(8-12-22)32-23(17-3-1-4-18(15-17)25(27,28)29)16-31(24(32)33)13-2-14-37(30,34)35;1-24-18-8-4-16(5-9-18)14-21(26(22,23)13-3-12-20)15-17-6-10-19(25-2)11-7-17;4-2-1-3-8(5,6)7/h3,5-22,25,39H,4,23-24,26-28H2,1-2H3;1,3-12,15,23H,2,13-14,16H2,(H2,30,34,35);4-11H,3,12-15H2,1-2H3;1-3H2/t39-;23-;;/m11../s1. The molecule has 676 valence electrons. The Morgan fingerprint density at radius 2 is 0.667 bits per heavy atom. The quantitative estimate of drug-likeness (QED) is 0.0217. The van der Waals surface area contributed by atoms with E-state index in [4.69, 9.17) is 90.6 Å². The van der Waals surface area contributed by atoms with Gasteiger partial charge in [0, 0.05) is 96.2 Å². The molecule has 2 aliphatic rings. The third-order valence-electron chi connectivity index (χ3n) is 19.5. The molecular formula is C88H92Cl5F6N7O16S4. The van der Waals surface area contributed by atoms with Crippen molar-refractivity contribution in [2.75, 3.05) is 99.2 Å². The molecule has 2 fully saturated rings. The lowest BCUT2D eigenvalue weighted by molar-refractivity contribution is -0.138. The maximum atomic E-state index is 14.1. The number of nitrogens with zero attached hydrogens (tertiary/aromatic N) is 6. The first-order valence-corrected chi connectivity index (χ1v) is 48.1. The second-order valence-electron chi connectivity index (χ2n) is 28.5. The highest BCUT2D eigenvalue weighted by atomic mass is 35.7. The van der Waals surface area contributed by atoms with Gasteiger partial charge in [0.1, 0.15) is 46.0 Å². The molecule has 10 aromatic carbocycles. The van der Waals surface area contributed by atoms with E-state index in [1.54, 1.807) is 180 Å². The number of alkyl halides is 8. The van der Waals surface area contributed by atoms with Crippen LogP contribution in [-0.4, -0.2) is 154 Å². The highest BCUT2D eigenvalue weighted by Crippen LogP contribution is 2.42. The van der Waals surface area contributed by atoms with Gasteiger partial charge in [0.05, 0.1) is 74.7 Å². The van der Waals surface area contributed by atoms with E-state index < -0.39 is 86.7 Å². The van der Waals surface area contributed by atoms with E-state index in [-0.39, 0.29) is 75.1 Å². The largest absolute Gasteiger partial charge is 0.497 e. The monoisotopic (exact) mass is 1920 g/mol. The molecule has 0 spiro atoms. The zero-order chi connectivity index (χ0) is 91.6. The number of rotatable bonds is 36. The number of hydrogen-bond donors (Lipinski definition) is 1. The summed E-state index contributed by atoms with van der Waals surface area (Å²) in [6.45, 7) is 1.05. The third kappa shape index (κ3) is 30.8. The summed E-state index contributed by atoms with van der Waals surface area (Å²) in [6.07, 6.45) is -8.09. The smallest absolute Gasteiger partial charge is 0.416 e. The molecular weight excluding hydrogens is 1830 g/mol. The molecule has 0 radical (unpaired) electrons. The van der Waals surface area contributed by atoms with Gasteiger partial charge in [0.2, 0.25) is 39.1 Å². The van der Waals surface area contributed by atoms with Gasteiger partial charge in [-0.3, -0.25) is 9.80 Å². The number of methoxy groups -OCH3 is 4. The van der Waals surface area contributed by atoms with Gasteiger partial charge in [-0.2, -0.15) is 35.0 Å². The maximum absolute atomic E-state index is 14.1. The number of sulfonamides is 3. The maximum Gasteiger partial charge on any atom is 0.416 e. The Morgan fingerprint density at radius 1 is 0.389 bits per heavy atom. The molecule has 126 heavy (non-hydrogen) atoms. The molecule has 4 amide bonds. The average Bonchev–Trinajstić information content (AvgIpc) is 1.63. The number of carbonyl (C=O) groups excluding carboxylic acids is 2. The molecule has 0 aromatic heterocycles. The summed E-state index contributed by atoms with van der Waals surface area (Å²) in [7, 11) is -3.19. The zero-order valence-corrected chi connectivity index (χ0v) is 75.6. The van der Waals surface area contributed by atoms with Gasteiger partial charge in [-0.05, 0) is 229 Å². The van der Waals surface area contributed by atoms with E-state index >= 15 is 0 Å². The number of amides is 4. The Kier molecular flexibility index (Phi) is 36.8. The van der Waals surface area contributed by atoms with Gasteiger partial charge >= 0.3 is 24.4 Å². The number of nitrogens with two attached hydrogens (primary N) is 1. The predicted octanol–water partition coefficient (Wildman–Crippen LogP) is 20.2. The van der Waals surface area contributed by atoms with Crippen molar-refractivity contribution in [1.29, 1.82) is 0 Å². The molecule has 2 N–H and O–H groups in total. The molecule has 0 unspecified atom stereocenters. The summed E-state index contributed by atoms with van der Waals surface area (Å²) >= 11 is 22.7. The molecule has 10 aromatic rings. The molecule has 2 saturated heterocycles. The van der Waals surface area contributed by atoms with Gasteiger partial charge in [-0.1, -0.05) is 96.0 Å². The van der Waals surface area contributed by atoms with Crippen molar-refractivity contribution >= 4 is 120 Å². The predicted molar refractivity (Wildman–Crippen MR) is 479 cm³/mol. The molecule has 12 rings (SSSR count). The molecule has 38 heteroatoms. The van der Waals surface area contributed by atoms with E-state index in [0.717, 1.165) is 58.0 Å². The molecule has 23 nitrogen and oxygen atoms in total. The summed E-state index contributed by atoms with van der Waals surface area (Å²) in [5, 5.41) is 6.17. The van der Waals surface area contributed by atoms with Crippen LogP contribution >= 0.6 is 57.1 Å². The Morgan fingerprint density at radius 3 is 0.937 bits per heavy atom. The van der Waals surface area contributed by atoms with Crippen molar-refractivity contribution in [3.63, 3.8) is 0 Å². The van der Waals surface area contributed by atoms with E-state index in [0.29, 0.717) is 105 Å². The van der Waals surface area contributed by atoms with Crippen LogP contribution in [0.25, 0.3) is 0 Å². The van der Waals surface area contributed by atoms with E-state index in [2.05, 4.69) is 0 Å². The molecule has 2 atom stereocenters. The van der Waals surface area contributed by atoms with Crippen LogP contribution in [0.3, 0.4) is 0 Å². The first kappa shape index (κ1) is 100. The van der Waals surface area contributed by atoms with Crippen LogP contribution in [0.4, 0.5) is 47.3 Å². The highest BCUT2D eigenvalue weighted by molar-refractivity contribution is 8.13. The van der Waals surface area contributed by atoms with Crippen molar-refractivity contribution in [2.24, 2.45) is 5.14 Å². The lowest BCUT2D eigenvalue weighted by atomic mass is 10.0. The fourth-order valence-corrected chi connectivity index (χ4v) is 18.2. The summed E-state index contributed by atoms with van der Waals surface area (Å²) < 4.78 is 213. The Labute approximate surface area is 754 Å². The average molecular weight is 1920 g/mol. The van der Waals surface area contributed by atoms with Crippen molar-refractivity contribution in [3.05, 3.63) is 297 Å². The fraction of sp³-hybridized carbons (Fsp3) is 0.295. The third-order valence-corrected chi connectivity index (χ3v) is 26.3. The molecule has 0 bridgehead atoms. The van der Waals surface area contributed by atoms with Crippen molar-refractivity contribution in [1.82, 2.24) is 18.4 Å². The number of hydrogen-bond acceptors (Lipinski definition) is 16. The van der Waals surface area contributed by atoms with Crippen LogP contribution in [0.2, 0.25) is 10.0 Å². The first-order chi connectivity index (χ1) is 59.8. The molecule has 2 aliphatic heterocycles. The van der Waals surface area contributed by atoms with Crippen molar-refractivity contribution in [3.8, 4) is 46.0 Å². The van der Waals surface area contributed by atoms with Crippen LogP contribution < -0.4 is 43.4 Å². The summed E-state index contributed by atoms with van der Waals surface area (Å²) in [6, 6.07) is 63.1. The van der Waals surface area contributed by atoms with E-state index in [1.807, 2.05) is 48.5 Å². The summed E-state index contributed by atoms with van der Waals surface area (Å²) in [4.78, 5) is 33.1. The Balaban J connectivity index is 0.000000218. The van der Waals surface area contributed by atoms with Crippen LogP contribution in [0.5, 0.6) is 46.0 Å².